The molecule has 0 spiro atoms. The summed E-state index contributed by atoms with van der Waals surface area (Å²) in [4.78, 5) is 64.3. The van der Waals surface area contributed by atoms with Crippen molar-refractivity contribution in [2.45, 2.75) is 33.2 Å². The van der Waals surface area contributed by atoms with Gasteiger partial charge in [0.1, 0.15) is 6.04 Å². The highest BCUT2D eigenvalue weighted by molar-refractivity contribution is 6.10. The van der Waals surface area contributed by atoms with E-state index in [-0.39, 0.29) is 17.2 Å². The summed E-state index contributed by atoms with van der Waals surface area (Å²) in [7, 11) is 0. The average molecular weight is 476 g/mol. The monoisotopic (exact) mass is 475 g/mol. The van der Waals surface area contributed by atoms with Crippen LogP contribution in [0.1, 0.15) is 46.5 Å². The van der Waals surface area contributed by atoms with Crippen LogP contribution in [0.5, 0.6) is 0 Å². The predicted molar refractivity (Wildman–Crippen MR) is 126 cm³/mol. The van der Waals surface area contributed by atoms with Gasteiger partial charge in [0, 0.05) is 23.3 Å². The molecule has 0 saturated carbocycles. The molecule has 0 bridgehead atoms. The molecule has 2 aliphatic rings. The van der Waals surface area contributed by atoms with Gasteiger partial charge >= 0.3 is 0 Å². The average Bonchev–Trinajstić information content (AvgIpc) is 3.10. The fourth-order valence-corrected chi connectivity index (χ4v) is 4.71. The van der Waals surface area contributed by atoms with Crippen LogP contribution in [0.25, 0.3) is 0 Å². The Bertz CT molecular complexity index is 1230. The number of imide groups is 1. The van der Waals surface area contributed by atoms with Gasteiger partial charge in [-0.1, -0.05) is 48.9 Å². The molecule has 3 amide bonds. The number of amides is 3. The standard InChI is InChI=1S/C26H25N3O6/c1-15-7-9-18(10-8-15)23(30)17(3)27(24(31)19-11-13-20(14-12-19)29(34)35)28-25(32)21-6-4-5-16(2)22(21)26(28)33/h4-5,7-14,16-17,21-22H,6H2,1-3H3/t16-,17-,21+,22+/m0/s1. The van der Waals surface area contributed by atoms with Gasteiger partial charge < -0.3 is 0 Å². The number of ketones is 1. The summed E-state index contributed by atoms with van der Waals surface area (Å²) in [5.41, 5.74) is 1.08. The molecule has 0 unspecified atom stereocenters. The largest absolute Gasteiger partial charge is 0.292 e. The molecule has 4 atom stereocenters. The zero-order valence-corrected chi connectivity index (χ0v) is 19.6. The number of hydrazine groups is 1. The van der Waals surface area contributed by atoms with E-state index >= 15 is 0 Å². The minimum Gasteiger partial charge on any atom is -0.292 e. The number of fused-ring (bicyclic) bond motifs is 1. The summed E-state index contributed by atoms with van der Waals surface area (Å²) in [6, 6.07) is 10.4. The van der Waals surface area contributed by atoms with Crippen molar-refractivity contribution in [3.05, 3.63) is 87.5 Å². The van der Waals surface area contributed by atoms with Crippen molar-refractivity contribution in [2.24, 2.45) is 17.8 Å². The summed E-state index contributed by atoms with van der Waals surface area (Å²) < 4.78 is 0. The van der Waals surface area contributed by atoms with E-state index < -0.39 is 46.3 Å². The van der Waals surface area contributed by atoms with Crippen molar-refractivity contribution in [3.8, 4) is 0 Å². The molecule has 9 nitrogen and oxygen atoms in total. The normalized spacial score (nSPS) is 22.0. The number of rotatable bonds is 6. The lowest BCUT2D eigenvalue weighted by Crippen LogP contribution is -2.56. The fraction of sp³-hybridized carbons (Fsp3) is 0.308. The van der Waals surface area contributed by atoms with Crippen LogP contribution in [-0.2, 0) is 9.59 Å². The third-order valence-electron chi connectivity index (χ3n) is 6.68. The van der Waals surface area contributed by atoms with E-state index in [4.69, 9.17) is 0 Å². The number of nitrogens with zero attached hydrogens (tertiary/aromatic N) is 3. The van der Waals surface area contributed by atoms with E-state index in [9.17, 15) is 29.3 Å². The van der Waals surface area contributed by atoms with Crippen molar-refractivity contribution >= 4 is 29.2 Å². The molecule has 1 heterocycles. The Morgan fingerprint density at radius 3 is 2.20 bits per heavy atom. The van der Waals surface area contributed by atoms with Crippen LogP contribution in [0.2, 0.25) is 0 Å². The Morgan fingerprint density at radius 1 is 1.03 bits per heavy atom. The number of aryl methyl sites for hydroxylation is 1. The number of hydrogen-bond donors (Lipinski definition) is 0. The zero-order chi connectivity index (χ0) is 25.4. The summed E-state index contributed by atoms with van der Waals surface area (Å²) in [6.45, 7) is 5.18. The maximum Gasteiger partial charge on any atom is 0.273 e. The molecule has 0 radical (unpaired) electrons. The lowest BCUT2D eigenvalue weighted by molar-refractivity contribution is -0.384. The van der Waals surface area contributed by atoms with Crippen LogP contribution in [0, 0.1) is 34.8 Å². The highest BCUT2D eigenvalue weighted by Gasteiger charge is 2.54. The molecule has 1 saturated heterocycles. The Labute approximate surface area is 202 Å². The van der Waals surface area contributed by atoms with Gasteiger partial charge in [-0.3, -0.25) is 29.3 Å². The van der Waals surface area contributed by atoms with Crippen molar-refractivity contribution in [1.29, 1.82) is 0 Å². The lowest BCUT2D eigenvalue weighted by atomic mass is 9.78. The predicted octanol–water partition coefficient (Wildman–Crippen LogP) is 3.73. The molecule has 0 N–H and O–H groups in total. The van der Waals surface area contributed by atoms with Gasteiger partial charge in [-0.15, -0.1) is 0 Å². The van der Waals surface area contributed by atoms with Crippen molar-refractivity contribution in [2.75, 3.05) is 0 Å². The second-order valence-corrected chi connectivity index (χ2v) is 9.00. The minimum atomic E-state index is -1.18. The second-order valence-electron chi connectivity index (χ2n) is 9.00. The Hall–Kier alpha value is -4.14. The van der Waals surface area contributed by atoms with Gasteiger partial charge in [0.05, 0.1) is 16.8 Å². The van der Waals surface area contributed by atoms with Crippen LogP contribution in [0.4, 0.5) is 5.69 Å². The van der Waals surface area contributed by atoms with Gasteiger partial charge in [0.2, 0.25) is 0 Å². The summed E-state index contributed by atoms with van der Waals surface area (Å²) in [5, 5.41) is 12.8. The molecule has 1 fully saturated rings. The summed E-state index contributed by atoms with van der Waals surface area (Å²) in [6.07, 6.45) is 4.10. The van der Waals surface area contributed by atoms with Crippen molar-refractivity contribution in [1.82, 2.24) is 10.0 Å². The van der Waals surface area contributed by atoms with E-state index in [1.165, 1.54) is 19.1 Å². The second kappa shape index (κ2) is 9.25. The number of Topliss-reactive ketones (excluding diaryl/α,β-unsaturated/α-hetero) is 1. The maximum atomic E-state index is 13.7. The Kier molecular flexibility index (Phi) is 6.34. The van der Waals surface area contributed by atoms with Crippen molar-refractivity contribution < 1.29 is 24.1 Å². The molecule has 4 rings (SSSR count). The topological polar surface area (TPSA) is 118 Å². The highest BCUT2D eigenvalue weighted by Crippen LogP contribution is 2.40. The van der Waals surface area contributed by atoms with Crippen LogP contribution in [-0.4, -0.2) is 44.5 Å². The number of allylic oxidation sites excluding steroid dienone is 2. The number of benzene rings is 2. The van der Waals surface area contributed by atoms with E-state index in [1.54, 1.807) is 24.3 Å². The number of nitro benzene ring substituents is 1. The third kappa shape index (κ3) is 4.25. The maximum absolute atomic E-state index is 13.7. The van der Waals surface area contributed by atoms with Crippen LogP contribution < -0.4 is 0 Å². The molecular weight excluding hydrogens is 450 g/mol. The van der Waals surface area contributed by atoms with Gasteiger partial charge in [-0.25, -0.2) is 5.01 Å². The van der Waals surface area contributed by atoms with Crippen LogP contribution in [0.15, 0.2) is 60.7 Å². The first-order valence-electron chi connectivity index (χ1n) is 11.3. The number of hydrogen-bond acceptors (Lipinski definition) is 6. The first-order valence-corrected chi connectivity index (χ1v) is 11.3. The molecule has 9 heteroatoms. The molecule has 1 aliphatic heterocycles. The molecule has 2 aromatic carbocycles. The number of carbonyl (C=O) groups excluding carboxylic acids is 4. The Balaban J connectivity index is 1.76. The molecule has 0 aromatic heterocycles. The van der Waals surface area contributed by atoms with Crippen LogP contribution in [0.3, 0.4) is 0 Å². The van der Waals surface area contributed by atoms with E-state index in [2.05, 4.69) is 0 Å². The fourth-order valence-electron chi connectivity index (χ4n) is 4.71. The lowest BCUT2D eigenvalue weighted by Gasteiger charge is -2.34. The first-order chi connectivity index (χ1) is 16.6. The molecule has 1 aliphatic carbocycles. The highest BCUT2D eigenvalue weighted by atomic mass is 16.6. The van der Waals surface area contributed by atoms with E-state index in [0.29, 0.717) is 12.0 Å². The molecular formula is C26H25N3O6. The minimum absolute atomic E-state index is 0.0146. The number of non-ortho nitro benzene ring substituents is 1. The molecule has 180 valence electrons. The number of nitro groups is 1. The smallest absolute Gasteiger partial charge is 0.273 e. The summed E-state index contributed by atoms with van der Waals surface area (Å²) in [5.74, 6) is -3.71. The van der Waals surface area contributed by atoms with Crippen LogP contribution >= 0.6 is 0 Å². The number of carbonyl (C=O) groups is 4. The third-order valence-corrected chi connectivity index (χ3v) is 6.68. The van der Waals surface area contributed by atoms with Gasteiger partial charge in [-0.05, 0) is 38.3 Å². The molecule has 2 aromatic rings. The van der Waals surface area contributed by atoms with Gasteiger partial charge in [0.25, 0.3) is 23.4 Å². The van der Waals surface area contributed by atoms with E-state index in [0.717, 1.165) is 27.7 Å². The Morgan fingerprint density at radius 2 is 1.63 bits per heavy atom. The first kappa shape index (κ1) is 24.0. The molecule has 35 heavy (non-hydrogen) atoms. The van der Waals surface area contributed by atoms with Gasteiger partial charge in [-0.2, -0.15) is 5.01 Å². The van der Waals surface area contributed by atoms with Gasteiger partial charge in [0.15, 0.2) is 5.78 Å². The quantitative estimate of drug-likeness (QED) is 0.207. The summed E-state index contributed by atoms with van der Waals surface area (Å²) >= 11 is 0. The SMILES string of the molecule is Cc1ccc(C(=O)[C@H](C)N(C(=O)c2ccc([N+](=O)[O-])cc2)N2C(=O)[C@@H]3[C@@H](C)C=CC[C@H]3C2=O)cc1. The zero-order valence-electron chi connectivity index (χ0n) is 19.6. The van der Waals surface area contributed by atoms with E-state index in [1.807, 2.05) is 26.0 Å². The van der Waals surface area contributed by atoms with Crippen molar-refractivity contribution in [3.63, 3.8) is 0 Å².